The van der Waals surface area contributed by atoms with Gasteiger partial charge in [-0.05, 0) is 44.9 Å². The molecule has 0 aromatic heterocycles. The molecular formula is C70H137N2O6P. The molecule has 0 radical (unpaired) electrons. The van der Waals surface area contributed by atoms with Gasteiger partial charge in [0.1, 0.15) is 13.2 Å². The van der Waals surface area contributed by atoms with Crippen LogP contribution < -0.4 is 10.2 Å². The minimum Gasteiger partial charge on any atom is -0.756 e. The number of quaternary nitrogens is 1. The third-order valence-electron chi connectivity index (χ3n) is 16.1. The Labute approximate surface area is 493 Å². The van der Waals surface area contributed by atoms with Crippen molar-refractivity contribution in [1.29, 1.82) is 0 Å². The van der Waals surface area contributed by atoms with Crippen molar-refractivity contribution in [1.82, 2.24) is 5.32 Å². The quantitative estimate of drug-likeness (QED) is 0.0272. The third-order valence-corrected chi connectivity index (χ3v) is 17.0. The number of phosphoric acid groups is 1. The number of unbranched alkanes of at least 4 members (excludes halogenated alkanes) is 48. The summed E-state index contributed by atoms with van der Waals surface area (Å²) in [5, 5.41) is 13.9. The highest BCUT2D eigenvalue weighted by molar-refractivity contribution is 7.45. The number of amides is 1. The molecule has 0 aliphatic carbocycles. The predicted molar refractivity (Wildman–Crippen MR) is 344 cm³/mol. The van der Waals surface area contributed by atoms with Gasteiger partial charge in [0.25, 0.3) is 7.82 Å². The molecule has 0 aliphatic rings. The summed E-state index contributed by atoms with van der Waals surface area (Å²) in [5.74, 6) is -0.204. The number of hydrogen-bond donors (Lipinski definition) is 2. The van der Waals surface area contributed by atoms with Gasteiger partial charge in [0.2, 0.25) is 5.91 Å². The average Bonchev–Trinajstić information content (AvgIpc) is 3.42. The van der Waals surface area contributed by atoms with E-state index in [0.717, 1.165) is 44.9 Å². The molecule has 79 heavy (non-hydrogen) atoms. The van der Waals surface area contributed by atoms with E-state index >= 15 is 0 Å². The summed E-state index contributed by atoms with van der Waals surface area (Å²) < 4.78 is 23.4. The molecule has 0 saturated carbocycles. The number of allylic oxidation sites excluding steroid dienone is 5. The molecule has 0 fully saturated rings. The van der Waals surface area contributed by atoms with E-state index < -0.39 is 26.6 Å². The van der Waals surface area contributed by atoms with Crippen LogP contribution in [0, 0.1) is 0 Å². The van der Waals surface area contributed by atoms with Gasteiger partial charge in [-0.15, -0.1) is 0 Å². The molecule has 0 rings (SSSR count). The van der Waals surface area contributed by atoms with E-state index in [1.165, 1.54) is 289 Å². The minimum atomic E-state index is -4.61. The second-order valence-corrected chi connectivity index (χ2v) is 26.6. The van der Waals surface area contributed by atoms with Gasteiger partial charge in [0.15, 0.2) is 0 Å². The van der Waals surface area contributed by atoms with E-state index in [-0.39, 0.29) is 12.5 Å². The van der Waals surface area contributed by atoms with Crippen LogP contribution in [0.2, 0.25) is 0 Å². The summed E-state index contributed by atoms with van der Waals surface area (Å²) in [6.45, 7) is 4.68. The maximum Gasteiger partial charge on any atom is 0.268 e. The monoisotopic (exact) mass is 1130 g/mol. The Morgan fingerprint density at radius 2 is 0.709 bits per heavy atom. The molecule has 2 N–H and O–H groups in total. The van der Waals surface area contributed by atoms with Crippen molar-refractivity contribution >= 4 is 13.7 Å². The van der Waals surface area contributed by atoms with Crippen LogP contribution >= 0.6 is 7.82 Å². The topological polar surface area (TPSA) is 108 Å². The molecule has 3 atom stereocenters. The van der Waals surface area contributed by atoms with Gasteiger partial charge in [-0.1, -0.05) is 339 Å². The molecule has 0 saturated heterocycles. The van der Waals surface area contributed by atoms with Crippen molar-refractivity contribution < 1.29 is 32.9 Å². The van der Waals surface area contributed by atoms with Crippen molar-refractivity contribution in [3.05, 3.63) is 36.5 Å². The van der Waals surface area contributed by atoms with Crippen LogP contribution in [0.4, 0.5) is 0 Å². The smallest absolute Gasteiger partial charge is 0.268 e. The van der Waals surface area contributed by atoms with Crippen LogP contribution in [0.3, 0.4) is 0 Å². The minimum absolute atomic E-state index is 0.00708. The van der Waals surface area contributed by atoms with Crippen LogP contribution in [0.15, 0.2) is 36.5 Å². The maximum absolute atomic E-state index is 13.0. The summed E-state index contributed by atoms with van der Waals surface area (Å²) in [5.41, 5.74) is 0. The molecule has 0 aliphatic heterocycles. The van der Waals surface area contributed by atoms with Gasteiger partial charge in [-0.25, -0.2) is 0 Å². The first-order valence-electron chi connectivity index (χ1n) is 34.9. The second kappa shape index (κ2) is 61.3. The van der Waals surface area contributed by atoms with Crippen LogP contribution in [0.25, 0.3) is 0 Å². The summed E-state index contributed by atoms with van der Waals surface area (Å²) in [4.78, 5) is 25.6. The Bertz CT molecular complexity index is 1380. The normalized spacial score (nSPS) is 13.9. The van der Waals surface area contributed by atoms with Crippen LogP contribution in [0.5, 0.6) is 0 Å². The molecule has 3 unspecified atom stereocenters. The summed E-state index contributed by atoms with van der Waals surface area (Å²) >= 11 is 0. The number of nitrogens with one attached hydrogen (secondary N) is 1. The summed E-state index contributed by atoms with van der Waals surface area (Å²) in [6.07, 6.45) is 81.3. The molecular weight excluding hydrogens is 996 g/mol. The molecule has 9 heteroatoms. The van der Waals surface area contributed by atoms with Crippen LogP contribution in [-0.4, -0.2) is 68.5 Å². The highest BCUT2D eigenvalue weighted by Gasteiger charge is 2.23. The van der Waals surface area contributed by atoms with Gasteiger partial charge < -0.3 is 28.8 Å². The number of aliphatic hydroxyl groups excluding tert-OH is 1. The van der Waals surface area contributed by atoms with Gasteiger partial charge in [0, 0.05) is 6.42 Å². The summed E-state index contributed by atoms with van der Waals surface area (Å²) in [6, 6.07) is -0.909. The maximum atomic E-state index is 13.0. The fourth-order valence-corrected chi connectivity index (χ4v) is 11.4. The fourth-order valence-electron chi connectivity index (χ4n) is 10.7. The largest absolute Gasteiger partial charge is 0.756 e. The zero-order valence-corrected chi connectivity index (χ0v) is 54.5. The highest BCUT2D eigenvalue weighted by Crippen LogP contribution is 2.38. The standard InChI is InChI=1S/C70H137N2O6P/c1-6-8-10-12-14-16-18-20-22-24-26-28-30-32-34-36-37-39-41-43-45-47-49-51-53-55-57-59-61-63-69(73)68(67-78-79(75,76)77-66-65-72(3,4)5)71-70(74)64-62-60-58-56-54-52-50-48-46-44-42-40-38-35-33-31-29-27-25-23-21-19-17-15-13-11-9-7-2/h45,47,53,55,61,63,68-69,73H,6-44,46,48-52,54,56-60,62,64-67H2,1-5H3,(H-,71,74,75,76)/b47-45+,55-53+,63-61+. The lowest BCUT2D eigenvalue weighted by molar-refractivity contribution is -0.870. The average molecular weight is 1130 g/mol. The zero-order chi connectivity index (χ0) is 57.7. The molecule has 8 nitrogen and oxygen atoms in total. The molecule has 0 heterocycles. The number of phosphoric ester groups is 1. The van der Waals surface area contributed by atoms with Crippen molar-refractivity contribution in [2.75, 3.05) is 40.9 Å². The van der Waals surface area contributed by atoms with E-state index in [4.69, 9.17) is 9.05 Å². The number of aliphatic hydroxyl groups is 1. The van der Waals surface area contributed by atoms with Crippen LogP contribution in [0.1, 0.15) is 354 Å². The molecule has 468 valence electrons. The molecule has 0 aromatic rings. The number of likely N-dealkylation sites (N-methyl/N-ethyl adjacent to an activating group) is 1. The Morgan fingerprint density at radius 3 is 1.03 bits per heavy atom. The Kier molecular flexibility index (Phi) is 60.3. The Balaban J connectivity index is 4.11. The predicted octanol–water partition coefficient (Wildman–Crippen LogP) is 21.4. The lowest BCUT2D eigenvalue weighted by atomic mass is 10.0. The number of carbonyl (C=O) groups excluding carboxylic acids is 1. The Morgan fingerprint density at radius 1 is 0.430 bits per heavy atom. The Hall–Kier alpha value is -1.28. The zero-order valence-electron chi connectivity index (χ0n) is 53.6. The first-order chi connectivity index (χ1) is 38.5. The van der Waals surface area contributed by atoms with E-state index in [1.807, 2.05) is 27.2 Å². The lowest BCUT2D eigenvalue weighted by Gasteiger charge is -2.29. The van der Waals surface area contributed by atoms with Crippen molar-refractivity contribution in [3.63, 3.8) is 0 Å². The number of nitrogens with zero attached hydrogens (tertiary/aromatic N) is 1. The van der Waals surface area contributed by atoms with Gasteiger partial charge in [-0.3, -0.25) is 9.36 Å². The fraction of sp³-hybridized carbons (Fsp3) is 0.900. The molecule has 0 spiro atoms. The van der Waals surface area contributed by atoms with E-state index in [0.29, 0.717) is 17.4 Å². The van der Waals surface area contributed by atoms with Crippen LogP contribution in [-0.2, 0) is 18.4 Å². The molecule has 1 amide bonds. The second-order valence-electron chi connectivity index (χ2n) is 25.2. The lowest BCUT2D eigenvalue weighted by Crippen LogP contribution is -2.45. The van der Waals surface area contributed by atoms with Crippen molar-refractivity contribution in [3.8, 4) is 0 Å². The SMILES string of the molecule is CCCCCCCCCCCCCCCCCCCCC/C=C/CC/C=C/CC/C=C/C(O)C(COP(=O)([O-])OCC[N+](C)(C)C)NC(=O)CCCCCCCCCCCCCCCCCCCCCCCCCCCCCC. The third kappa shape index (κ3) is 64.1. The molecule has 0 aromatic carbocycles. The summed E-state index contributed by atoms with van der Waals surface area (Å²) in [7, 11) is 1.25. The first-order valence-corrected chi connectivity index (χ1v) is 36.3. The number of carbonyl (C=O) groups is 1. The van der Waals surface area contributed by atoms with Gasteiger partial charge in [-0.2, -0.15) is 0 Å². The van der Waals surface area contributed by atoms with Crippen molar-refractivity contribution in [2.45, 2.75) is 366 Å². The van der Waals surface area contributed by atoms with E-state index in [2.05, 4.69) is 43.5 Å². The first kappa shape index (κ1) is 77.7. The molecule has 0 bridgehead atoms. The highest BCUT2D eigenvalue weighted by atomic mass is 31.2. The van der Waals surface area contributed by atoms with E-state index in [1.54, 1.807) is 6.08 Å². The van der Waals surface area contributed by atoms with Crippen molar-refractivity contribution in [2.24, 2.45) is 0 Å². The number of hydrogen-bond acceptors (Lipinski definition) is 6. The van der Waals surface area contributed by atoms with Gasteiger partial charge in [0.05, 0.1) is 39.9 Å². The number of rotatable bonds is 65. The van der Waals surface area contributed by atoms with Gasteiger partial charge >= 0.3 is 0 Å². The van der Waals surface area contributed by atoms with E-state index in [9.17, 15) is 19.4 Å².